The molecule has 1 aliphatic rings. The van der Waals surface area contributed by atoms with Crippen LogP contribution < -0.4 is 5.32 Å². The quantitative estimate of drug-likeness (QED) is 0.471. The fraction of sp³-hybridized carbons (Fsp3) is 0.360. The van der Waals surface area contributed by atoms with Gasteiger partial charge in [0.25, 0.3) is 0 Å². The summed E-state index contributed by atoms with van der Waals surface area (Å²) in [7, 11) is 0. The summed E-state index contributed by atoms with van der Waals surface area (Å²) in [5.41, 5.74) is 2.31. The molecule has 0 radical (unpaired) electrons. The van der Waals surface area contributed by atoms with E-state index in [1.54, 1.807) is 71.9 Å². The highest BCUT2D eigenvalue weighted by Gasteiger charge is 2.40. The number of benzene rings is 1. The molecule has 0 saturated heterocycles. The van der Waals surface area contributed by atoms with Crippen LogP contribution in [0.4, 0.5) is 0 Å². The minimum Gasteiger partial charge on any atom is -0.460 e. The van der Waals surface area contributed by atoms with Crippen molar-refractivity contribution in [3.05, 3.63) is 68.7 Å². The third kappa shape index (κ3) is 5.28. The number of nitrogens with one attached hydrogen (secondary N) is 1. The molecule has 0 saturated carbocycles. The van der Waals surface area contributed by atoms with Gasteiger partial charge < -0.3 is 19.2 Å². The zero-order chi connectivity index (χ0) is 24.4. The van der Waals surface area contributed by atoms with Gasteiger partial charge in [-0.05, 0) is 65.8 Å². The number of dihydropyridines is 1. The summed E-state index contributed by atoms with van der Waals surface area (Å²) in [4.78, 5) is 26.2. The Morgan fingerprint density at radius 3 is 1.97 bits per heavy atom. The molecule has 0 bridgehead atoms. The van der Waals surface area contributed by atoms with E-state index in [4.69, 9.17) is 37.1 Å². The first-order chi connectivity index (χ1) is 15.5. The van der Waals surface area contributed by atoms with Crippen molar-refractivity contribution in [2.45, 2.75) is 59.7 Å². The standard InChI is InChI=1S/C25H27Cl2NO5/c1-12(2)31-24(29)20-14(5)28-15(6)21(25(30)32-13(3)4)22(20)19-11-10-18(33-19)16-8-7-9-17(26)23(16)27/h7-13,22,28H,1-6H3. The van der Waals surface area contributed by atoms with E-state index in [2.05, 4.69) is 5.32 Å². The maximum absolute atomic E-state index is 13.1. The number of hydrogen-bond donors (Lipinski definition) is 1. The van der Waals surface area contributed by atoms with Gasteiger partial charge in [-0.15, -0.1) is 0 Å². The highest BCUT2D eigenvalue weighted by Crippen LogP contribution is 2.42. The molecule has 33 heavy (non-hydrogen) atoms. The van der Waals surface area contributed by atoms with Crippen LogP contribution in [0.3, 0.4) is 0 Å². The van der Waals surface area contributed by atoms with Gasteiger partial charge in [-0.2, -0.15) is 0 Å². The van der Waals surface area contributed by atoms with E-state index in [1.807, 2.05) is 0 Å². The van der Waals surface area contributed by atoms with E-state index in [0.717, 1.165) is 0 Å². The second-order valence-electron chi connectivity index (χ2n) is 8.35. The summed E-state index contributed by atoms with van der Waals surface area (Å²) in [5.74, 6) is -1.07. The van der Waals surface area contributed by atoms with Gasteiger partial charge in [0.1, 0.15) is 11.5 Å². The van der Waals surface area contributed by atoms with Gasteiger partial charge in [0.15, 0.2) is 0 Å². The Morgan fingerprint density at radius 1 is 0.909 bits per heavy atom. The third-order valence-corrected chi connectivity index (χ3v) is 5.83. The van der Waals surface area contributed by atoms with Crippen molar-refractivity contribution >= 4 is 35.1 Å². The monoisotopic (exact) mass is 491 g/mol. The summed E-state index contributed by atoms with van der Waals surface area (Å²) < 4.78 is 17.1. The number of hydrogen-bond acceptors (Lipinski definition) is 6. The van der Waals surface area contributed by atoms with E-state index < -0.39 is 17.9 Å². The summed E-state index contributed by atoms with van der Waals surface area (Å²) in [6.45, 7) is 10.6. The Morgan fingerprint density at radius 2 is 1.45 bits per heavy atom. The molecule has 2 heterocycles. The summed E-state index contributed by atoms with van der Waals surface area (Å²) in [6, 6.07) is 8.68. The molecule has 0 amide bonds. The first-order valence-corrected chi connectivity index (χ1v) is 11.4. The van der Waals surface area contributed by atoms with Crippen LogP contribution >= 0.6 is 23.2 Å². The predicted octanol–water partition coefficient (Wildman–Crippen LogP) is 6.39. The van der Waals surface area contributed by atoms with Gasteiger partial charge in [-0.3, -0.25) is 0 Å². The minimum absolute atomic E-state index is 0.281. The van der Waals surface area contributed by atoms with Crippen LogP contribution in [-0.2, 0) is 19.1 Å². The number of furan rings is 1. The van der Waals surface area contributed by atoms with Crippen molar-refractivity contribution in [3.8, 4) is 11.3 Å². The number of carbonyl (C=O) groups excluding carboxylic acids is 2. The van der Waals surface area contributed by atoms with Crippen LogP contribution in [0, 0.1) is 0 Å². The number of halogens is 2. The molecular formula is C25H27Cl2NO5. The van der Waals surface area contributed by atoms with Crippen molar-refractivity contribution in [1.82, 2.24) is 5.32 Å². The molecule has 0 spiro atoms. The Kier molecular flexibility index (Phi) is 7.60. The number of carbonyl (C=O) groups is 2. The third-order valence-electron chi connectivity index (χ3n) is 5.01. The largest absolute Gasteiger partial charge is 0.460 e. The fourth-order valence-corrected chi connectivity index (χ4v) is 4.12. The van der Waals surface area contributed by atoms with Crippen LogP contribution in [0.1, 0.15) is 53.2 Å². The minimum atomic E-state index is -0.824. The lowest BCUT2D eigenvalue weighted by molar-refractivity contribution is -0.143. The molecule has 6 nitrogen and oxygen atoms in total. The van der Waals surface area contributed by atoms with Crippen molar-refractivity contribution in [2.75, 3.05) is 0 Å². The SMILES string of the molecule is CC1=C(C(=O)OC(C)C)C(c2ccc(-c3cccc(Cl)c3Cl)o2)C(C(=O)OC(C)C)=C(C)N1. The number of esters is 2. The van der Waals surface area contributed by atoms with Gasteiger partial charge in [0.2, 0.25) is 0 Å². The van der Waals surface area contributed by atoms with Crippen LogP contribution in [0.15, 0.2) is 57.3 Å². The van der Waals surface area contributed by atoms with E-state index in [9.17, 15) is 9.59 Å². The number of allylic oxidation sites excluding steroid dienone is 2. The van der Waals surface area contributed by atoms with Gasteiger partial charge in [-0.1, -0.05) is 29.3 Å². The Labute approximate surface area is 203 Å². The van der Waals surface area contributed by atoms with Crippen molar-refractivity contribution in [2.24, 2.45) is 0 Å². The van der Waals surface area contributed by atoms with E-state index >= 15 is 0 Å². The molecule has 3 rings (SSSR count). The van der Waals surface area contributed by atoms with Crippen molar-refractivity contribution < 1.29 is 23.5 Å². The van der Waals surface area contributed by atoms with Crippen molar-refractivity contribution in [3.63, 3.8) is 0 Å². The molecule has 1 aliphatic heterocycles. The summed E-state index contributed by atoms with van der Waals surface area (Å²) in [6.07, 6.45) is -0.678. The molecule has 2 aromatic rings. The Balaban J connectivity index is 2.15. The molecule has 1 N–H and O–H groups in total. The highest BCUT2D eigenvalue weighted by molar-refractivity contribution is 6.43. The first kappa shape index (κ1) is 24.9. The maximum atomic E-state index is 13.1. The zero-order valence-corrected chi connectivity index (χ0v) is 20.9. The predicted molar refractivity (Wildman–Crippen MR) is 128 cm³/mol. The Bertz CT molecular complexity index is 1100. The second kappa shape index (κ2) is 10.1. The lowest BCUT2D eigenvalue weighted by Gasteiger charge is -2.29. The number of rotatable bonds is 6. The molecule has 0 unspecified atom stereocenters. The fourth-order valence-electron chi connectivity index (χ4n) is 3.72. The lowest BCUT2D eigenvalue weighted by atomic mass is 9.83. The van der Waals surface area contributed by atoms with Gasteiger partial charge in [0, 0.05) is 17.0 Å². The van der Waals surface area contributed by atoms with Crippen LogP contribution in [-0.4, -0.2) is 24.1 Å². The van der Waals surface area contributed by atoms with Crippen LogP contribution in [0.5, 0.6) is 0 Å². The average Bonchev–Trinajstić information content (AvgIpc) is 3.17. The molecule has 176 valence electrons. The van der Waals surface area contributed by atoms with E-state index in [0.29, 0.717) is 38.5 Å². The van der Waals surface area contributed by atoms with E-state index in [1.165, 1.54) is 0 Å². The van der Waals surface area contributed by atoms with Crippen molar-refractivity contribution in [1.29, 1.82) is 0 Å². The smallest absolute Gasteiger partial charge is 0.337 e. The summed E-state index contributed by atoms with van der Waals surface area (Å²) in [5, 5.41) is 3.86. The molecule has 0 aliphatic carbocycles. The first-order valence-electron chi connectivity index (χ1n) is 10.7. The second-order valence-corrected chi connectivity index (χ2v) is 9.13. The summed E-state index contributed by atoms with van der Waals surface area (Å²) >= 11 is 12.5. The molecule has 1 aromatic heterocycles. The average molecular weight is 492 g/mol. The normalized spacial score (nSPS) is 14.7. The van der Waals surface area contributed by atoms with E-state index in [-0.39, 0.29) is 23.4 Å². The van der Waals surface area contributed by atoms with Gasteiger partial charge in [0.05, 0.1) is 39.3 Å². The van der Waals surface area contributed by atoms with Crippen LogP contribution in [0.25, 0.3) is 11.3 Å². The van der Waals surface area contributed by atoms with Gasteiger partial charge >= 0.3 is 11.9 Å². The molecule has 0 fully saturated rings. The topological polar surface area (TPSA) is 77.8 Å². The zero-order valence-electron chi connectivity index (χ0n) is 19.4. The number of ether oxygens (including phenoxy) is 2. The molecule has 8 heteroatoms. The molecule has 0 atom stereocenters. The highest BCUT2D eigenvalue weighted by atomic mass is 35.5. The Hall–Kier alpha value is -2.70. The lowest BCUT2D eigenvalue weighted by Crippen LogP contribution is -2.33. The van der Waals surface area contributed by atoms with Gasteiger partial charge in [-0.25, -0.2) is 9.59 Å². The van der Waals surface area contributed by atoms with Crippen LogP contribution in [0.2, 0.25) is 10.0 Å². The molecule has 1 aromatic carbocycles. The molecular weight excluding hydrogens is 465 g/mol. The maximum Gasteiger partial charge on any atom is 0.337 e.